The normalized spacial score (nSPS) is 9.64. The van der Waals surface area contributed by atoms with Gasteiger partial charge in [-0.05, 0) is 17.7 Å². The summed E-state index contributed by atoms with van der Waals surface area (Å²) in [6.45, 7) is 0. The van der Waals surface area contributed by atoms with Gasteiger partial charge in [0.1, 0.15) is 0 Å². The summed E-state index contributed by atoms with van der Waals surface area (Å²) in [6, 6.07) is 9.43. The third-order valence-electron chi connectivity index (χ3n) is 1.82. The van der Waals surface area contributed by atoms with E-state index >= 15 is 0 Å². The Bertz CT molecular complexity index is 479. The summed E-state index contributed by atoms with van der Waals surface area (Å²) < 4.78 is 0. The molecule has 1 aromatic heterocycles. The van der Waals surface area contributed by atoms with Gasteiger partial charge in [0, 0.05) is 6.20 Å². The van der Waals surface area contributed by atoms with Crippen molar-refractivity contribution in [2.45, 2.75) is 0 Å². The molecule has 1 heterocycles. The lowest BCUT2D eigenvalue weighted by atomic mass is 10.1. The smallest absolute Gasteiger partial charge is 0.180 e. The van der Waals surface area contributed by atoms with E-state index in [1.54, 1.807) is 18.3 Å². The average Bonchev–Trinajstić information content (AvgIpc) is 2.65. The van der Waals surface area contributed by atoms with E-state index in [2.05, 4.69) is 11.1 Å². The molecule has 0 radical (unpaired) electrons. The van der Waals surface area contributed by atoms with E-state index in [9.17, 15) is 0 Å². The molecule has 14 heavy (non-hydrogen) atoms. The highest BCUT2D eigenvalue weighted by molar-refractivity contribution is 7.18. The number of benzene rings is 1. The molecule has 0 saturated carbocycles. The molecule has 0 unspecified atom stereocenters. The lowest BCUT2D eigenvalue weighted by Gasteiger charge is -1.94. The molecule has 0 bridgehead atoms. The molecule has 2 aromatic rings. The van der Waals surface area contributed by atoms with Gasteiger partial charge in [-0.3, -0.25) is 0 Å². The predicted molar refractivity (Wildman–Crippen MR) is 56.7 cm³/mol. The minimum Gasteiger partial charge on any atom is -0.375 e. The van der Waals surface area contributed by atoms with E-state index in [4.69, 9.17) is 11.0 Å². The molecule has 2 N–H and O–H groups in total. The fourth-order valence-corrected chi connectivity index (χ4v) is 1.82. The summed E-state index contributed by atoms with van der Waals surface area (Å²) >= 11 is 1.44. The van der Waals surface area contributed by atoms with Crippen molar-refractivity contribution in [1.82, 2.24) is 4.98 Å². The minimum absolute atomic E-state index is 0.560. The van der Waals surface area contributed by atoms with Crippen LogP contribution in [-0.2, 0) is 0 Å². The van der Waals surface area contributed by atoms with Crippen LogP contribution in [0.4, 0.5) is 5.13 Å². The molecule has 0 aliphatic rings. The van der Waals surface area contributed by atoms with Crippen LogP contribution in [0.1, 0.15) is 5.56 Å². The molecule has 0 saturated heterocycles. The molecule has 1 aromatic carbocycles. The number of nitrogens with zero attached hydrogens (tertiary/aromatic N) is 2. The Morgan fingerprint density at radius 2 is 2.00 bits per heavy atom. The van der Waals surface area contributed by atoms with E-state index in [1.165, 1.54) is 11.3 Å². The van der Waals surface area contributed by atoms with Gasteiger partial charge in [0.15, 0.2) is 5.13 Å². The van der Waals surface area contributed by atoms with Crippen LogP contribution in [0.25, 0.3) is 10.4 Å². The molecule has 0 atom stereocenters. The number of aromatic nitrogens is 1. The maximum Gasteiger partial charge on any atom is 0.180 e. The first-order chi connectivity index (χ1) is 6.79. The first-order valence-electron chi connectivity index (χ1n) is 4.01. The Balaban J connectivity index is 2.39. The SMILES string of the molecule is N#Cc1ccc(-c2cnc(N)s2)cc1. The van der Waals surface area contributed by atoms with Gasteiger partial charge in [0.2, 0.25) is 0 Å². The van der Waals surface area contributed by atoms with Crippen LogP contribution in [0.5, 0.6) is 0 Å². The van der Waals surface area contributed by atoms with Gasteiger partial charge in [0.25, 0.3) is 0 Å². The van der Waals surface area contributed by atoms with Crippen LogP contribution in [0.2, 0.25) is 0 Å². The molecule has 0 spiro atoms. The van der Waals surface area contributed by atoms with Crippen molar-refractivity contribution in [3.8, 4) is 16.5 Å². The number of nitrogen functional groups attached to an aromatic ring is 1. The molecule has 4 heteroatoms. The highest BCUT2D eigenvalue weighted by Gasteiger charge is 2.01. The molecule has 3 nitrogen and oxygen atoms in total. The van der Waals surface area contributed by atoms with Crippen LogP contribution >= 0.6 is 11.3 Å². The molecule has 0 fully saturated rings. The quantitative estimate of drug-likeness (QED) is 0.769. The third kappa shape index (κ3) is 1.58. The van der Waals surface area contributed by atoms with Gasteiger partial charge in [0.05, 0.1) is 16.5 Å². The van der Waals surface area contributed by atoms with Crippen molar-refractivity contribution >= 4 is 16.5 Å². The zero-order valence-corrected chi connectivity index (χ0v) is 8.08. The van der Waals surface area contributed by atoms with Gasteiger partial charge in [-0.1, -0.05) is 23.5 Å². The number of hydrogen-bond acceptors (Lipinski definition) is 4. The summed E-state index contributed by atoms with van der Waals surface area (Å²) in [5.41, 5.74) is 7.23. The molecule has 0 aliphatic carbocycles. The number of nitrogens with two attached hydrogens (primary N) is 1. The second-order valence-electron chi connectivity index (χ2n) is 2.75. The van der Waals surface area contributed by atoms with Gasteiger partial charge >= 0.3 is 0 Å². The lowest BCUT2D eigenvalue weighted by molar-refractivity contribution is 1.42. The maximum atomic E-state index is 8.62. The van der Waals surface area contributed by atoms with Crippen LogP contribution in [0.3, 0.4) is 0 Å². The number of thiazole rings is 1. The Labute approximate surface area is 85.4 Å². The Kier molecular flexibility index (Phi) is 2.17. The molecule has 0 aliphatic heterocycles. The first kappa shape index (κ1) is 8.73. The first-order valence-corrected chi connectivity index (χ1v) is 4.83. The van der Waals surface area contributed by atoms with Crippen molar-refractivity contribution in [1.29, 1.82) is 5.26 Å². The fraction of sp³-hybridized carbons (Fsp3) is 0. The average molecular weight is 201 g/mol. The van der Waals surface area contributed by atoms with Gasteiger partial charge in [-0.25, -0.2) is 4.98 Å². The number of rotatable bonds is 1. The number of hydrogen-bond donors (Lipinski definition) is 1. The van der Waals surface area contributed by atoms with Crippen molar-refractivity contribution in [2.75, 3.05) is 5.73 Å². The van der Waals surface area contributed by atoms with E-state index in [0.717, 1.165) is 10.4 Å². The van der Waals surface area contributed by atoms with E-state index in [0.29, 0.717) is 10.7 Å². The van der Waals surface area contributed by atoms with Crippen LogP contribution in [0.15, 0.2) is 30.5 Å². The molecule has 68 valence electrons. The molecule has 0 amide bonds. The van der Waals surface area contributed by atoms with Crippen molar-refractivity contribution < 1.29 is 0 Å². The largest absolute Gasteiger partial charge is 0.375 e. The van der Waals surface area contributed by atoms with Crippen molar-refractivity contribution in [3.05, 3.63) is 36.0 Å². The van der Waals surface area contributed by atoms with Crippen LogP contribution < -0.4 is 5.73 Å². The van der Waals surface area contributed by atoms with Gasteiger partial charge in [-0.2, -0.15) is 5.26 Å². The summed E-state index contributed by atoms with van der Waals surface area (Å²) in [5, 5.41) is 9.18. The van der Waals surface area contributed by atoms with Gasteiger partial charge < -0.3 is 5.73 Å². The van der Waals surface area contributed by atoms with Crippen molar-refractivity contribution in [2.24, 2.45) is 0 Å². The second-order valence-corrected chi connectivity index (χ2v) is 3.81. The third-order valence-corrected chi connectivity index (χ3v) is 2.70. The Morgan fingerprint density at radius 1 is 1.29 bits per heavy atom. The summed E-state index contributed by atoms with van der Waals surface area (Å²) in [7, 11) is 0. The van der Waals surface area contributed by atoms with Gasteiger partial charge in [-0.15, -0.1) is 0 Å². The summed E-state index contributed by atoms with van der Waals surface area (Å²) in [5.74, 6) is 0. The number of nitriles is 1. The molecular formula is C10H7N3S. The maximum absolute atomic E-state index is 8.62. The highest BCUT2D eigenvalue weighted by Crippen LogP contribution is 2.27. The summed E-state index contributed by atoms with van der Waals surface area (Å²) in [4.78, 5) is 4.99. The Morgan fingerprint density at radius 3 is 2.50 bits per heavy atom. The fourth-order valence-electron chi connectivity index (χ4n) is 1.13. The molecular weight excluding hydrogens is 194 g/mol. The highest BCUT2D eigenvalue weighted by atomic mass is 32.1. The standard InChI is InChI=1S/C10H7N3S/c11-5-7-1-3-8(4-2-7)9-6-13-10(12)14-9/h1-4,6H,(H2,12,13). The monoisotopic (exact) mass is 201 g/mol. The zero-order chi connectivity index (χ0) is 9.97. The Hall–Kier alpha value is -1.86. The van der Waals surface area contributed by atoms with Crippen LogP contribution in [0, 0.1) is 11.3 Å². The van der Waals surface area contributed by atoms with Crippen LogP contribution in [-0.4, -0.2) is 4.98 Å². The van der Waals surface area contributed by atoms with E-state index < -0.39 is 0 Å². The predicted octanol–water partition coefficient (Wildman–Crippen LogP) is 2.26. The zero-order valence-electron chi connectivity index (χ0n) is 7.27. The van der Waals surface area contributed by atoms with E-state index in [1.807, 2.05) is 12.1 Å². The molecule has 2 rings (SSSR count). The second kappa shape index (κ2) is 3.48. The lowest BCUT2D eigenvalue weighted by Crippen LogP contribution is -1.77. The van der Waals surface area contributed by atoms with Crippen molar-refractivity contribution in [3.63, 3.8) is 0 Å². The van der Waals surface area contributed by atoms with E-state index in [-0.39, 0.29) is 0 Å². The summed E-state index contributed by atoms with van der Waals surface area (Å²) in [6.07, 6.45) is 1.74. The number of anilines is 1. The minimum atomic E-state index is 0.560. The topological polar surface area (TPSA) is 62.7 Å².